The Bertz CT molecular complexity index is 5440. The van der Waals surface area contributed by atoms with Crippen molar-refractivity contribution in [1.29, 1.82) is 0 Å². The number of sulfone groups is 1. The SMILES string of the molecule is CCN(CC)CCCNS(=O)(=O)c1ccc2c3nc4nc(nc5[nH]c(nc6nc(nc([nH]3)c2c1)-c1cc(S(=O)(=O)NCCCN(CC)CC)c(S(=O)(=O)NCCN(CC)CC)cc1-6)c1cc(S(=O)(=O)CCCN(CC)CC)c(S(=O)(=O)NCCCN(CC)CC)cc51)-c1cc(S(N)(=O)=O)c(S(N)(=O)=O)cc1-4. The number of hydrogen-bond donors (Lipinski definition) is 8. The van der Waals surface area contributed by atoms with E-state index in [9.17, 15) is 25.3 Å². The summed E-state index contributed by atoms with van der Waals surface area (Å²) in [5.41, 5.74) is -1.71. The van der Waals surface area contributed by atoms with Crippen molar-refractivity contribution in [2.24, 2.45) is 10.3 Å². The summed E-state index contributed by atoms with van der Waals surface area (Å²) < 4.78 is 214. The number of rotatable bonds is 40. The average molecular weight is 1610 g/mol. The van der Waals surface area contributed by atoms with Gasteiger partial charge in [-0.3, -0.25) is 0 Å². The molecule has 0 unspecified atom stereocenters. The number of likely N-dealkylation sites (N-methyl/N-ethyl adjacent to an activating group) is 1. The molecule has 2 aliphatic rings. The summed E-state index contributed by atoms with van der Waals surface area (Å²) in [4.78, 5) is 40.8. The molecular weight excluding hydrogens is 1510 g/mol. The summed E-state index contributed by atoms with van der Waals surface area (Å²) in [5, 5.41) is 11.3. The molecule has 0 spiro atoms. The molecule has 3 aromatic heterocycles. The molecular formula is C66H97N19O14S7. The van der Waals surface area contributed by atoms with Gasteiger partial charge in [-0.2, -0.15) is 0 Å². The fourth-order valence-corrected chi connectivity index (χ4v) is 22.0. The van der Waals surface area contributed by atoms with Gasteiger partial charge in [0, 0.05) is 76.5 Å². The van der Waals surface area contributed by atoms with E-state index in [-0.39, 0.29) is 128 Å². The lowest BCUT2D eigenvalue weighted by atomic mass is 10.1. The Morgan fingerprint density at radius 3 is 0.972 bits per heavy atom. The lowest BCUT2D eigenvalue weighted by molar-refractivity contribution is 0.300. The van der Waals surface area contributed by atoms with Crippen LogP contribution >= 0.6 is 0 Å². The van der Waals surface area contributed by atoms with Gasteiger partial charge in [-0.1, -0.05) is 69.2 Å². The van der Waals surface area contributed by atoms with E-state index in [0.29, 0.717) is 97.8 Å². The highest BCUT2D eigenvalue weighted by Crippen LogP contribution is 2.43. The topological polar surface area (TPSA) is 464 Å². The van der Waals surface area contributed by atoms with E-state index in [2.05, 4.69) is 43.6 Å². The molecule has 33 nitrogen and oxygen atoms in total. The van der Waals surface area contributed by atoms with E-state index in [0.717, 1.165) is 49.5 Å². The van der Waals surface area contributed by atoms with Gasteiger partial charge in [0.05, 0.1) is 15.5 Å². The summed E-state index contributed by atoms with van der Waals surface area (Å²) in [6.07, 6.45) is 1.17. The van der Waals surface area contributed by atoms with E-state index in [1.807, 2.05) is 79.0 Å². The van der Waals surface area contributed by atoms with Crippen LogP contribution in [-0.4, -0.2) is 253 Å². The third-order valence-electron chi connectivity index (χ3n) is 19.0. The summed E-state index contributed by atoms with van der Waals surface area (Å²) >= 11 is 0. The van der Waals surface area contributed by atoms with Gasteiger partial charge in [-0.15, -0.1) is 0 Å². The minimum Gasteiger partial charge on any atom is -0.324 e. The van der Waals surface area contributed by atoms with Crippen LogP contribution in [0.1, 0.15) is 94.9 Å². The van der Waals surface area contributed by atoms with Gasteiger partial charge in [0.2, 0.25) is 60.1 Å². The van der Waals surface area contributed by atoms with E-state index in [1.165, 1.54) is 18.2 Å². The van der Waals surface area contributed by atoms with Crippen molar-refractivity contribution in [1.82, 2.24) is 83.3 Å². The minimum absolute atomic E-state index is 0.0418. The van der Waals surface area contributed by atoms with Crippen LogP contribution in [0.15, 0.2) is 88.9 Å². The predicted octanol–water partition coefficient (Wildman–Crippen LogP) is 4.32. The van der Waals surface area contributed by atoms with Crippen LogP contribution in [0.5, 0.6) is 0 Å². The Hall–Kier alpha value is -6.55. The molecule has 5 heterocycles. The second-order valence-corrected chi connectivity index (χ2v) is 37.5. The number of nitrogens with zero attached hydrogens (tertiary/aromatic N) is 11. The zero-order valence-electron chi connectivity index (χ0n) is 61.3. The summed E-state index contributed by atoms with van der Waals surface area (Å²) in [6.45, 7) is 27.7. The average Bonchev–Trinajstić information content (AvgIpc) is 1.55. The first-order valence-electron chi connectivity index (χ1n) is 35.5. The van der Waals surface area contributed by atoms with Gasteiger partial charge >= 0.3 is 0 Å². The zero-order chi connectivity index (χ0) is 77.5. The van der Waals surface area contributed by atoms with Crippen molar-refractivity contribution in [3.8, 4) is 45.6 Å². The monoisotopic (exact) mass is 1600 g/mol. The van der Waals surface area contributed by atoms with Crippen LogP contribution in [0.3, 0.4) is 0 Å². The number of aromatic nitrogens is 8. The molecule has 10 N–H and O–H groups in total. The van der Waals surface area contributed by atoms with Gasteiger partial charge in [0.1, 0.15) is 47.1 Å². The third-order valence-corrected chi connectivity index (χ3v) is 29.1. The number of benzene rings is 4. The van der Waals surface area contributed by atoms with Crippen LogP contribution in [0.2, 0.25) is 0 Å². The third kappa shape index (κ3) is 19.0. The van der Waals surface area contributed by atoms with Gasteiger partial charge in [-0.05, 0) is 172 Å². The molecule has 0 aliphatic carbocycles. The second-order valence-electron chi connectivity index (χ2n) is 25.4. The first-order chi connectivity index (χ1) is 50.0. The maximum atomic E-state index is 15.2. The molecule has 0 saturated heterocycles. The Morgan fingerprint density at radius 2 is 0.613 bits per heavy atom. The quantitative estimate of drug-likeness (QED) is 0.0248. The first kappa shape index (κ1) is 83.5. The van der Waals surface area contributed by atoms with Gasteiger partial charge < -0.3 is 34.5 Å². The molecule has 0 saturated carbocycles. The lowest BCUT2D eigenvalue weighted by Crippen LogP contribution is -2.36. The van der Waals surface area contributed by atoms with Crippen molar-refractivity contribution >= 4 is 114 Å². The molecule has 7 aromatic rings. The van der Waals surface area contributed by atoms with Crippen LogP contribution in [0.25, 0.3) is 89.7 Å². The largest absolute Gasteiger partial charge is 0.324 e. The van der Waals surface area contributed by atoms with Crippen molar-refractivity contribution in [2.75, 3.05) is 130 Å². The van der Waals surface area contributed by atoms with E-state index < -0.39 is 111 Å². The fraction of sp³-hybridized carbons (Fsp3) is 0.515. The highest BCUT2D eigenvalue weighted by atomic mass is 32.2. The summed E-state index contributed by atoms with van der Waals surface area (Å²) in [5.74, 6) is -2.07. The maximum absolute atomic E-state index is 15.2. The molecule has 0 atom stereocenters. The van der Waals surface area contributed by atoms with Crippen molar-refractivity contribution in [3.63, 3.8) is 0 Å². The molecule has 2 aliphatic heterocycles. The highest BCUT2D eigenvalue weighted by Gasteiger charge is 2.36. The Labute approximate surface area is 621 Å². The fourth-order valence-electron chi connectivity index (χ4n) is 12.7. The Balaban J connectivity index is 1.45. The van der Waals surface area contributed by atoms with Crippen LogP contribution in [0, 0.1) is 0 Å². The number of H-pyrrole nitrogens is 2. The molecule has 4 aromatic carbocycles. The number of fused-ring (bicyclic) bond motifs is 20. The predicted molar refractivity (Wildman–Crippen MR) is 409 cm³/mol. The van der Waals surface area contributed by atoms with Crippen molar-refractivity contribution < 1.29 is 58.9 Å². The summed E-state index contributed by atoms with van der Waals surface area (Å²) in [6, 6.07) is 10.1. The Morgan fingerprint density at radius 1 is 0.321 bits per heavy atom. The molecule has 106 heavy (non-hydrogen) atoms. The number of primary sulfonamides is 2. The lowest BCUT2D eigenvalue weighted by Gasteiger charge is -2.19. The minimum atomic E-state index is -4.98. The Kier molecular flexibility index (Phi) is 27.2. The molecule has 0 amide bonds. The first-order valence-corrected chi connectivity index (χ1v) is 46.1. The number of hydrogen-bond acceptors (Lipinski definition) is 25. The van der Waals surface area contributed by atoms with Gasteiger partial charge in [-0.25, -0.2) is 118 Å². The molecule has 0 fully saturated rings. The molecule has 582 valence electrons. The van der Waals surface area contributed by atoms with E-state index in [4.69, 9.17) is 40.2 Å². The normalized spacial score (nSPS) is 13.4. The molecule has 40 heteroatoms. The molecule has 9 rings (SSSR count). The van der Waals surface area contributed by atoms with E-state index >= 15 is 33.7 Å². The van der Waals surface area contributed by atoms with Crippen molar-refractivity contribution in [3.05, 3.63) is 54.6 Å². The van der Waals surface area contributed by atoms with Crippen molar-refractivity contribution in [2.45, 2.75) is 129 Å². The van der Waals surface area contributed by atoms with E-state index in [1.54, 1.807) is 0 Å². The smallest absolute Gasteiger partial charge is 0.241 e. The van der Waals surface area contributed by atoms with Gasteiger partial charge in [0.25, 0.3) is 0 Å². The van der Waals surface area contributed by atoms with Gasteiger partial charge in [0.15, 0.2) is 33.1 Å². The standard InChI is InChI=1S/C66H97N19O14S7/c1-11-81(12-2)31-21-27-69-103(92,93)44-25-26-45-46(37-44)60-73-59(45)74-62-48-39-54(101(67,88)89)55(102(68,90)91)40-49(48)63(78-62)79-64-50-41-56(104(94,95)70-28-22-32-82(13-3)14-4)53(100(86,87)36-24-34-84(17-7)18-8)38-47(50)61(76-64)77-66-52-43-58(106(98,99)72-30-35-85(19-9)20-10)57(42-51(52)65(75-60)80-66)105(96,97)71-29-23-33-83(15-5)16-6/h25-26,37-43,69-72H,11-24,27-36H2,1-10H3,(H2,67,88,89)(H2,68,90,91)(H2,73,74,75,76,77,78,79,80). The molecule has 0 radical (unpaired) electrons. The summed E-state index contributed by atoms with van der Waals surface area (Å²) in [7, 11) is -33.3. The number of nitrogens with two attached hydrogens (primary N) is 2. The molecule has 8 bridgehead atoms. The highest BCUT2D eigenvalue weighted by molar-refractivity contribution is 7.94. The van der Waals surface area contributed by atoms with Crippen LogP contribution in [0.4, 0.5) is 0 Å². The maximum Gasteiger partial charge on any atom is 0.241 e. The second kappa shape index (κ2) is 34.6. The number of aromatic amines is 2. The van der Waals surface area contributed by atoms with Crippen LogP contribution < -0.4 is 29.2 Å². The van der Waals surface area contributed by atoms with Crippen LogP contribution in [-0.2, 0) is 70.0 Å². The number of nitrogens with one attached hydrogen (secondary N) is 6. The zero-order valence-corrected chi connectivity index (χ0v) is 67.0. The number of sulfonamides is 6.